The number of hydrogen-bond acceptors (Lipinski definition) is 5. The van der Waals surface area contributed by atoms with Crippen molar-refractivity contribution in [1.82, 2.24) is 5.32 Å². The van der Waals surface area contributed by atoms with Crippen LogP contribution in [-0.4, -0.2) is 35.9 Å². The summed E-state index contributed by atoms with van der Waals surface area (Å²) in [5.74, 6) is 0.0902. The Kier molecular flexibility index (Phi) is 5.94. The molecule has 1 heterocycles. The van der Waals surface area contributed by atoms with Gasteiger partial charge in [0.2, 0.25) is 5.91 Å². The van der Waals surface area contributed by atoms with Crippen molar-refractivity contribution in [3.8, 4) is 5.75 Å². The minimum atomic E-state index is -0.836. The highest BCUT2D eigenvalue weighted by Gasteiger charge is 2.54. The third-order valence-electron chi connectivity index (χ3n) is 6.66. The first kappa shape index (κ1) is 22.6. The number of nitro benzene ring substituents is 1. The average molecular weight is 472 g/mol. The summed E-state index contributed by atoms with van der Waals surface area (Å²) >= 11 is 0. The van der Waals surface area contributed by atoms with Crippen molar-refractivity contribution in [1.29, 1.82) is 0 Å². The first-order valence-electron chi connectivity index (χ1n) is 11.6. The number of para-hydroxylation sites is 2. The van der Waals surface area contributed by atoms with Gasteiger partial charge < -0.3 is 15.0 Å². The number of non-ortho nitro benzene ring substituents is 1. The van der Waals surface area contributed by atoms with Crippen LogP contribution in [0.25, 0.3) is 0 Å². The Morgan fingerprint density at radius 2 is 1.69 bits per heavy atom. The minimum absolute atomic E-state index is 0.0130. The van der Waals surface area contributed by atoms with E-state index in [4.69, 9.17) is 4.74 Å². The van der Waals surface area contributed by atoms with E-state index < -0.39 is 16.4 Å². The summed E-state index contributed by atoms with van der Waals surface area (Å²) in [5.41, 5.74) is 1.74. The van der Waals surface area contributed by atoms with Crippen LogP contribution in [0.4, 0.5) is 11.4 Å². The molecule has 1 N–H and O–H groups in total. The van der Waals surface area contributed by atoms with Gasteiger partial charge in [-0.15, -0.1) is 0 Å². The van der Waals surface area contributed by atoms with E-state index in [0.717, 1.165) is 11.1 Å². The lowest BCUT2D eigenvalue weighted by Gasteiger charge is -2.36. The molecule has 1 atom stereocenters. The lowest BCUT2D eigenvalue weighted by molar-refractivity contribution is -0.384. The zero-order valence-electron chi connectivity index (χ0n) is 19.1. The van der Waals surface area contributed by atoms with Crippen molar-refractivity contribution in [3.63, 3.8) is 0 Å². The fourth-order valence-electron chi connectivity index (χ4n) is 4.56. The summed E-state index contributed by atoms with van der Waals surface area (Å²) in [5, 5.41) is 14.0. The van der Waals surface area contributed by atoms with Crippen LogP contribution in [0.2, 0.25) is 0 Å². The quantitative estimate of drug-likeness (QED) is 0.417. The van der Waals surface area contributed by atoms with Gasteiger partial charge in [-0.05, 0) is 42.5 Å². The molecule has 2 amide bonds. The third-order valence-corrected chi connectivity index (χ3v) is 6.66. The molecule has 8 nitrogen and oxygen atoms in total. The monoisotopic (exact) mass is 471 g/mol. The topological polar surface area (TPSA) is 102 Å². The molecule has 3 aromatic rings. The molecule has 0 saturated heterocycles. The summed E-state index contributed by atoms with van der Waals surface area (Å²) < 4.78 is 5.98. The van der Waals surface area contributed by atoms with Crippen molar-refractivity contribution >= 4 is 23.2 Å². The molecule has 1 unspecified atom stereocenters. The molecular formula is C27H25N3O5. The minimum Gasteiger partial charge on any atom is -0.477 e. The lowest BCUT2D eigenvalue weighted by atomic mass is 9.93. The van der Waals surface area contributed by atoms with E-state index in [0.29, 0.717) is 37.2 Å². The second-order valence-electron chi connectivity index (χ2n) is 8.90. The summed E-state index contributed by atoms with van der Waals surface area (Å²) in [4.78, 5) is 39.0. The van der Waals surface area contributed by atoms with Crippen LogP contribution < -0.4 is 15.0 Å². The van der Waals surface area contributed by atoms with Crippen molar-refractivity contribution in [3.05, 3.63) is 100 Å². The van der Waals surface area contributed by atoms with E-state index in [9.17, 15) is 19.7 Å². The summed E-state index contributed by atoms with van der Waals surface area (Å²) in [6, 6.07) is 23.2. The van der Waals surface area contributed by atoms with E-state index in [-0.39, 0.29) is 24.0 Å². The number of carbonyl (C=O) groups excluding carboxylic acids is 2. The molecule has 8 heteroatoms. The molecule has 5 rings (SSSR count). The number of fused-ring (bicyclic) bond motifs is 1. The fourth-order valence-corrected chi connectivity index (χ4v) is 4.56. The second-order valence-corrected chi connectivity index (χ2v) is 8.90. The van der Waals surface area contributed by atoms with Crippen molar-refractivity contribution in [2.75, 3.05) is 18.0 Å². The Morgan fingerprint density at radius 1 is 1.00 bits per heavy atom. The van der Waals surface area contributed by atoms with Gasteiger partial charge in [-0.1, -0.05) is 54.6 Å². The smallest absolute Gasteiger partial charge is 0.269 e. The lowest BCUT2D eigenvalue weighted by Crippen LogP contribution is -2.53. The van der Waals surface area contributed by atoms with Crippen LogP contribution >= 0.6 is 0 Å². The van der Waals surface area contributed by atoms with E-state index in [1.54, 1.807) is 29.2 Å². The normalized spacial score (nSPS) is 17.6. The number of amides is 2. The van der Waals surface area contributed by atoms with E-state index in [2.05, 4.69) is 5.32 Å². The van der Waals surface area contributed by atoms with E-state index in [1.165, 1.54) is 12.1 Å². The van der Waals surface area contributed by atoms with Crippen LogP contribution in [0.15, 0.2) is 78.9 Å². The average Bonchev–Trinajstić information content (AvgIpc) is 3.70. The Balaban J connectivity index is 1.33. The number of nitro groups is 1. The van der Waals surface area contributed by atoms with Crippen LogP contribution in [0.1, 0.15) is 24.0 Å². The number of hydrogen-bond donors (Lipinski definition) is 1. The second kappa shape index (κ2) is 9.21. The number of nitrogens with one attached hydrogen (secondary N) is 1. The Bertz CT molecular complexity index is 1260. The zero-order chi connectivity index (χ0) is 24.4. The van der Waals surface area contributed by atoms with Gasteiger partial charge in [0.1, 0.15) is 5.75 Å². The Labute approximate surface area is 202 Å². The first-order chi connectivity index (χ1) is 17.0. The van der Waals surface area contributed by atoms with Gasteiger partial charge in [0.25, 0.3) is 11.6 Å². The van der Waals surface area contributed by atoms with Crippen molar-refractivity contribution in [2.24, 2.45) is 0 Å². The number of rotatable bonds is 7. The van der Waals surface area contributed by atoms with Crippen molar-refractivity contribution in [2.45, 2.75) is 30.8 Å². The van der Waals surface area contributed by atoms with Crippen LogP contribution in [-0.2, 0) is 21.4 Å². The predicted molar refractivity (Wildman–Crippen MR) is 130 cm³/mol. The summed E-state index contributed by atoms with van der Waals surface area (Å²) in [6.45, 7) is 0.562. The molecule has 2 aliphatic rings. The molecule has 0 bridgehead atoms. The van der Waals surface area contributed by atoms with E-state index in [1.807, 2.05) is 42.5 Å². The molecule has 0 aromatic heterocycles. The number of nitrogens with zero attached hydrogens (tertiary/aromatic N) is 2. The highest BCUT2D eigenvalue weighted by atomic mass is 16.6. The maximum atomic E-state index is 13.8. The third kappa shape index (κ3) is 4.47. The molecule has 0 spiro atoms. The van der Waals surface area contributed by atoms with Gasteiger partial charge in [0.15, 0.2) is 6.10 Å². The molecule has 3 aromatic carbocycles. The Hall–Kier alpha value is -4.20. The number of ether oxygens (including phenoxy) is 1. The van der Waals surface area contributed by atoms with Gasteiger partial charge in [-0.3, -0.25) is 19.7 Å². The fraction of sp³-hybridized carbons (Fsp3) is 0.259. The van der Waals surface area contributed by atoms with Gasteiger partial charge in [-0.25, -0.2) is 0 Å². The molecule has 0 radical (unpaired) electrons. The first-order valence-corrected chi connectivity index (χ1v) is 11.6. The molecule has 35 heavy (non-hydrogen) atoms. The molecule has 1 fully saturated rings. The van der Waals surface area contributed by atoms with Crippen LogP contribution in [0, 0.1) is 10.1 Å². The number of anilines is 1. The predicted octanol–water partition coefficient (Wildman–Crippen LogP) is 3.78. The van der Waals surface area contributed by atoms with E-state index >= 15 is 0 Å². The number of carbonyl (C=O) groups is 2. The molecule has 178 valence electrons. The maximum Gasteiger partial charge on any atom is 0.269 e. The summed E-state index contributed by atoms with van der Waals surface area (Å²) in [6.07, 6.45) is 1.16. The van der Waals surface area contributed by atoms with Gasteiger partial charge in [0, 0.05) is 18.7 Å². The van der Waals surface area contributed by atoms with Crippen LogP contribution in [0.3, 0.4) is 0 Å². The van der Waals surface area contributed by atoms with Crippen molar-refractivity contribution < 1.29 is 19.2 Å². The highest BCUT2D eigenvalue weighted by molar-refractivity contribution is 6.05. The maximum absolute atomic E-state index is 13.8. The Morgan fingerprint density at radius 3 is 2.37 bits per heavy atom. The zero-order valence-corrected chi connectivity index (χ0v) is 19.1. The van der Waals surface area contributed by atoms with Gasteiger partial charge in [0.05, 0.1) is 22.6 Å². The molecule has 1 aliphatic heterocycles. The summed E-state index contributed by atoms with van der Waals surface area (Å²) in [7, 11) is 0. The van der Waals surface area contributed by atoms with Crippen LogP contribution in [0.5, 0.6) is 5.75 Å². The highest BCUT2D eigenvalue weighted by Crippen LogP contribution is 2.51. The molecule has 1 saturated carbocycles. The SMILES string of the molecule is O=C(NCCc1ccccc1)C1CN(C(=O)C2(c3ccc([N+](=O)[O-])cc3)CC2)c2ccccc2O1. The van der Waals surface area contributed by atoms with Gasteiger partial charge >= 0.3 is 0 Å². The molecular weight excluding hydrogens is 446 g/mol. The standard InChI is InChI=1S/C27H25N3O5/c31-25(28-17-14-19-6-2-1-3-7-19)24-18-29(22-8-4-5-9-23(22)35-24)26(32)27(15-16-27)20-10-12-21(13-11-20)30(33)34/h1-13,24H,14-18H2,(H,28,31). The van der Waals surface area contributed by atoms with Gasteiger partial charge in [-0.2, -0.15) is 0 Å². The number of benzene rings is 3. The molecule has 1 aliphatic carbocycles. The largest absolute Gasteiger partial charge is 0.477 e.